The van der Waals surface area contributed by atoms with Gasteiger partial charge < -0.3 is 4.90 Å². The highest BCUT2D eigenvalue weighted by Gasteiger charge is 2.26. The largest absolute Gasteiger partial charge is 0.306 e. The zero-order chi connectivity index (χ0) is 18.1. The number of likely N-dealkylation sites (tertiary alicyclic amines) is 1. The molecule has 1 fully saturated rings. The van der Waals surface area contributed by atoms with Crippen LogP contribution in [-0.2, 0) is 0 Å². The minimum atomic E-state index is 0.248. The van der Waals surface area contributed by atoms with Crippen LogP contribution in [0.4, 0.5) is 0 Å². The van der Waals surface area contributed by atoms with Crippen LogP contribution in [0.2, 0.25) is 0 Å². The van der Waals surface area contributed by atoms with E-state index in [2.05, 4.69) is 35.9 Å². The lowest BCUT2D eigenvalue weighted by Crippen LogP contribution is -2.31. The molecule has 26 heavy (non-hydrogen) atoms. The smallest absolute Gasteiger partial charge is 0.183 e. The van der Waals surface area contributed by atoms with Gasteiger partial charge in [0, 0.05) is 30.9 Å². The average molecular weight is 351 g/mol. The molecule has 1 atom stereocenters. The molecule has 136 valence electrons. The standard InChI is InChI=1S/C19H25N7/c1-14(2)25-16(9-11-21-25)19-22-18(15-7-6-12-24(3)13-15)23-26(19)17-8-4-5-10-20-17/h4-5,8-11,14-15H,6-7,12-13H2,1-3H3. The van der Waals surface area contributed by atoms with Crippen molar-refractivity contribution in [2.24, 2.45) is 0 Å². The molecule has 0 bridgehead atoms. The summed E-state index contributed by atoms with van der Waals surface area (Å²) in [6.07, 6.45) is 5.91. The molecule has 0 saturated carbocycles. The molecule has 0 radical (unpaired) electrons. The fourth-order valence-corrected chi connectivity index (χ4v) is 3.59. The van der Waals surface area contributed by atoms with E-state index in [-0.39, 0.29) is 6.04 Å². The highest BCUT2D eigenvalue weighted by Crippen LogP contribution is 2.28. The van der Waals surface area contributed by atoms with Crippen LogP contribution in [0.1, 0.15) is 44.5 Å². The fraction of sp³-hybridized carbons (Fsp3) is 0.474. The number of likely N-dealkylation sites (N-methyl/N-ethyl adjacent to an activating group) is 1. The first-order valence-electron chi connectivity index (χ1n) is 9.24. The van der Waals surface area contributed by atoms with Gasteiger partial charge in [0.2, 0.25) is 0 Å². The number of piperidine rings is 1. The number of hydrogen-bond acceptors (Lipinski definition) is 5. The molecule has 7 heteroatoms. The highest BCUT2D eigenvalue weighted by atomic mass is 15.4. The molecule has 1 aliphatic rings. The van der Waals surface area contributed by atoms with Crippen molar-refractivity contribution < 1.29 is 0 Å². The van der Waals surface area contributed by atoms with Gasteiger partial charge in [-0.2, -0.15) is 9.78 Å². The molecule has 1 unspecified atom stereocenters. The summed E-state index contributed by atoms with van der Waals surface area (Å²) >= 11 is 0. The van der Waals surface area contributed by atoms with Crippen molar-refractivity contribution >= 4 is 0 Å². The van der Waals surface area contributed by atoms with Gasteiger partial charge in [0.05, 0.1) is 0 Å². The second kappa shape index (κ2) is 6.99. The monoisotopic (exact) mass is 351 g/mol. The van der Waals surface area contributed by atoms with Gasteiger partial charge in [-0.25, -0.2) is 9.97 Å². The Balaban J connectivity index is 1.82. The Bertz CT molecular complexity index is 865. The lowest BCUT2D eigenvalue weighted by molar-refractivity contribution is 0.246. The van der Waals surface area contributed by atoms with Gasteiger partial charge in [0.1, 0.15) is 5.69 Å². The number of hydrogen-bond donors (Lipinski definition) is 0. The highest BCUT2D eigenvalue weighted by molar-refractivity contribution is 5.53. The van der Waals surface area contributed by atoms with Gasteiger partial charge in [0.15, 0.2) is 17.5 Å². The normalized spacial score (nSPS) is 18.5. The Kier molecular flexibility index (Phi) is 4.55. The zero-order valence-corrected chi connectivity index (χ0v) is 15.6. The summed E-state index contributed by atoms with van der Waals surface area (Å²) < 4.78 is 3.85. The van der Waals surface area contributed by atoms with Crippen molar-refractivity contribution in [3.8, 4) is 17.3 Å². The summed E-state index contributed by atoms with van der Waals surface area (Å²) in [4.78, 5) is 11.8. The predicted octanol–water partition coefficient (Wildman–Crippen LogP) is 2.92. The third-order valence-electron chi connectivity index (χ3n) is 4.87. The van der Waals surface area contributed by atoms with E-state index in [1.54, 1.807) is 6.20 Å². The van der Waals surface area contributed by atoms with Crippen molar-refractivity contribution in [2.75, 3.05) is 20.1 Å². The first kappa shape index (κ1) is 16.9. The molecular formula is C19H25N7. The van der Waals surface area contributed by atoms with E-state index in [1.165, 1.54) is 6.42 Å². The third kappa shape index (κ3) is 3.14. The van der Waals surface area contributed by atoms with Gasteiger partial charge in [-0.15, -0.1) is 5.10 Å². The molecular weight excluding hydrogens is 326 g/mol. The Morgan fingerprint density at radius 3 is 2.77 bits per heavy atom. The topological polar surface area (TPSA) is 64.7 Å². The third-order valence-corrected chi connectivity index (χ3v) is 4.87. The molecule has 1 saturated heterocycles. The van der Waals surface area contributed by atoms with Gasteiger partial charge >= 0.3 is 0 Å². The van der Waals surface area contributed by atoms with Crippen molar-refractivity contribution in [1.29, 1.82) is 0 Å². The van der Waals surface area contributed by atoms with E-state index in [0.29, 0.717) is 5.92 Å². The lowest BCUT2D eigenvalue weighted by atomic mass is 9.98. The number of aromatic nitrogens is 6. The summed E-state index contributed by atoms with van der Waals surface area (Å²) in [7, 11) is 2.16. The maximum atomic E-state index is 4.95. The molecule has 3 aromatic heterocycles. The molecule has 0 spiro atoms. The summed E-state index contributed by atoms with van der Waals surface area (Å²) in [5, 5.41) is 9.34. The minimum Gasteiger partial charge on any atom is -0.306 e. The molecule has 0 amide bonds. The van der Waals surface area contributed by atoms with Crippen LogP contribution in [-0.4, -0.2) is 54.6 Å². The van der Waals surface area contributed by atoms with E-state index < -0.39 is 0 Å². The van der Waals surface area contributed by atoms with E-state index in [0.717, 1.165) is 42.7 Å². The van der Waals surface area contributed by atoms with Crippen molar-refractivity contribution in [3.05, 3.63) is 42.5 Å². The maximum Gasteiger partial charge on any atom is 0.183 e. The van der Waals surface area contributed by atoms with Crippen LogP contribution < -0.4 is 0 Å². The van der Waals surface area contributed by atoms with Crippen LogP contribution in [0, 0.1) is 0 Å². The summed E-state index contributed by atoms with van der Waals surface area (Å²) in [5.41, 5.74) is 0.966. The Morgan fingerprint density at radius 2 is 2.04 bits per heavy atom. The van der Waals surface area contributed by atoms with Crippen molar-refractivity contribution in [1.82, 2.24) is 34.4 Å². The summed E-state index contributed by atoms with van der Waals surface area (Å²) in [6, 6.07) is 8.10. The minimum absolute atomic E-state index is 0.248. The van der Waals surface area contributed by atoms with Gasteiger partial charge in [-0.05, 0) is 58.5 Å². The van der Waals surface area contributed by atoms with E-state index in [9.17, 15) is 0 Å². The average Bonchev–Trinajstić information content (AvgIpc) is 3.29. The second-order valence-corrected chi connectivity index (χ2v) is 7.25. The molecule has 0 aromatic carbocycles. The Labute approximate surface area is 153 Å². The van der Waals surface area contributed by atoms with Gasteiger partial charge in [-0.1, -0.05) is 6.07 Å². The molecule has 0 N–H and O–H groups in total. The SMILES string of the molecule is CC(C)n1nccc1-c1nc(C2CCCN(C)C2)nn1-c1ccccn1. The lowest BCUT2D eigenvalue weighted by Gasteiger charge is -2.27. The van der Waals surface area contributed by atoms with Gasteiger partial charge in [-0.3, -0.25) is 4.68 Å². The maximum absolute atomic E-state index is 4.95. The number of pyridine rings is 1. The molecule has 7 nitrogen and oxygen atoms in total. The Hall–Kier alpha value is -2.54. The molecule has 1 aliphatic heterocycles. The van der Waals surface area contributed by atoms with E-state index in [4.69, 9.17) is 10.1 Å². The fourth-order valence-electron chi connectivity index (χ4n) is 3.59. The van der Waals surface area contributed by atoms with Crippen LogP contribution in [0.25, 0.3) is 17.3 Å². The molecule has 0 aliphatic carbocycles. The predicted molar refractivity (Wildman–Crippen MR) is 100 cm³/mol. The molecule has 3 aromatic rings. The van der Waals surface area contributed by atoms with Crippen LogP contribution in [0.3, 0.4) is 0 Å². The number of rotatable bonds is 4. The Morgan fingerprint density at radius 1 is 1.15 bits per heavy atom. The van der Waals surface area contributed by atoms with Crippen molar-refractivity contribution in [2.45, 2.75) is 38.6 Å². The van der Waals surface area contributed by atoms with Crippen LogP contribution in [0.15, 0.2) is 36.7 Å². The van der Waals surface area contributed by atoms with Crippen LogP contribution in [0.5, 0.6) is 0 Å². The van der Waals surface area contributed by atoms with Crippen LogP contribution >= 0.6 is 0 Å². The molecule has 4 heterocycles. The first-order chi connectivity index (χ1) is 12.6. The quantitative estimate of drug-likeness (QED) is 0.723. The summed E-state index contributed by atoms with van der Waals surface area (Å²) in [6.45, 7) is 6.38. The zero-order valence-electron chi connectivity index (χ0n) is 15.6. The van der Waals surface area contributed by atoms with Gasteiger partial charge in [0.25, 0.3) is 0 Å². The van der Waals surface area contributed by atoms with Crippen molar-refractivity contribution in [3.63, 3.8) is 0 Å². The summed E-state index contributed by atoms with van der Waals surface area (Å²) in [5.74, 6) is 2.83. The van der Waals surface area contributed by atoms with E-state index in [1.807, 2.05) is 39.8 Å². The second-order valence-electron chi connectivity index (χ2n) is 7.25. The van der Waals surface area contributed by atoms with E-state index >= 15 is 0 Å². The number of nitrogens with zero attached hydrogens (tertiary/aromatic N) is 7. The molecule has 4 rings (SSSR count). The first-order valence-corrected chi connectivity index (χ1v) is 9.24.